The minimum Gasteiger partial charge on any atom is -0.299 e. The Morgan fingerprint density at radius 3 is 2.89 bits per heavy atom. The van der Waals surface area contributed by atoms with Gasteiger partial charge in [-0.05, 0) is 36.0 Å². The highest BCUT2D eigenvalue weighted by Crippen LogP contribution is 2.32. The van der Waals surface area contributed by atoms with Crippen LogP contribution in [0.4, 0.5) is 0 Å². The monoisotopic (exact) mass is 255 g/mol. The van der Waals surface area contributed by atoms with Crippen LogP contribution < -0.4 is 0 Å². The van der Waals surface area contributed by atoms with Crippen LogP contribution in [0.5, 0.6) is 0 Å². The molecule has 0 aliphatic heterocycles. The molecule has 19 heavy (non-hydrogen) atoms. The van der Waals surface area contributed by atoms with Crippen LogP contribution in [0.15, 0.2) is 24.3 Å². The third kappa shape index (κ3) is 3.92. The lowest BCUT2D eigenvalue weighted by atomic mass is 9.77. The van der Waals surface area contributed by atoms with E-state index in [4.69, 9.17) is 5.26 Å². The molecule has 1 fully saturated rings. The van der Waals surface area contributed by atoms with Crippen molar-refractivity contribution in [3.05, 3.63) is 35.4 Å². The lowest BCUT2D eigenvalue weighted by molar-refractivity contribution is -0.119. The molecule has 2 nitrogen and oxygen atoms in total. The number of nitrogens with zero attached hydrogens (tertiary/aromatic N) is 1. The number of ketones is 1. The number of rotatable bonds is 4. The summed E-state index contributed by atoms with van der Waals surface area (Å²) in [6.07, 6.45) is 6.23. The molecule has 1 aliphatic carbocycles. The maximum absolute atomic E-state index is 12.1. The van der Waals surface area contributed by atoms with Crippen molar-refractivity contribution in [1.29, 1.82) is 5.26 Å². The van der Waals surface area contributed by atoms with Crippen LogP contribution in [0.1, 0.15) is 50.2 Å². The topological polar surface area (TPSA) is 40.9 Å². The molecule has 2 rings (SSSR count). The highest BCUT2D eigenvalue weighted by molar-refractivity contribution is 5.81. The Labute approximate surface area is 115 Å². The van der Waals surface area contributed by atoms with Gasteiger partial charge in [0.25, 0.3) is 0 Å². The van der Waals surface area contributed by atoms with Gasteiger partial charge >= 0.3 is 0 Å². The quantitative estimate of drug-likeness (QED) is 0.819. The summed E-state index contributed by atoms with van der Waals surface area (Å²) in [5, 5.41) is 8.86. The molecule has 0 heterocycles. The van der Waals surface area contributed by atoms with Gasteiger partial charge in [-0.3, -0.25) is 4.79 Å². The first-order valence-corrected chi connectivity index (χ1v) is 7.20. The van der Waals surface area contributed by atoms with E-state index in [1.54, 1.807) is 6.07 Å². The number of Topliss-reactive ketones (excluding diaryl/α,β-unsaturated/α-hetero) is 1. The average Bonchev–Trinajstić information content (AvgIpc) is 2.41. The van der Waals surface area contributed by atoms with Gasteiger partial charge in [0.15, 0.2) is 0 Å². The molecule has 0 spiro atoms. The fraction of sp³-hybridized carbons (Fsp3) is 0.529. The zero-order valence-corrected chi connectivity index (χ0v) is 11.6. The second-order valence-electron chi connectivity index (χ2n) is 5.75. The van der Waals surface area contributed by atoms with E-state index in [-0.39, 0.29) is 0 Å². The van der Waals surface area contributed by atoms with Crippen LogP contribution in [0.2, 0.25) is 0 Å². The summed E-state index contributed by atoms with van der Waals surface area (Å²) >= 11 is 0. The largest absolute Gasteiger partial charge is 0.299 e. The minimum absolute atomic E-state index is 0.314. The Morgan fingerprint density at radius 2 is 2.16 bits per heavy atom. The van der Waals surface area contributed by atoms with E-state index in [2.05, 4.69) is 13.0 Å². The molecule has 2 unspecified atom stereocenters. The summed E-state index contributed by atoms with van der Waals surface area (Å²) in [5.41, 5.74) is 1.60. The zero-order valence-electron chi connectivity index (χ0n) is 11.6. The normalized spacial score (nSPS) is 22.7. The van der Waals surface area contributed by atoms with Crippen LogP contribution in [0.25, 0.3) is 0 Å². The van der Waals surface area contributed by atoms with Gasteiger partial charge in [0, 0.05) is 12.8 Å². The van der Waals surface area contributed by atoms with Gasteiger partial charge in [-0.2, -0.15) is 5.26 Å². The first kappa shape index (κ1) is 13.8. The second kappa shape index (κ2) is 6.52. The Hall–Kier alpha value is -1.62. The minimum atomic E-state index is 0.314. The van der Waals surface area contributed by atoms with E-state index < -0.39 is 0 Å². The fourth-order valence-corrected chi connectivity index (χ4v) is 3.04. The van der Waals surface area contributed by atoms with Gasteiger partial charge in [-0.25, -0.2) is 0 Å². The first-order chi connectivity index (χ1) is 9.19. The van der Waals surface area contributed by atoms with Crippen molar-refractivity contribution < 1.29 is 4.79 Å². The van der Waals surface area contributed by atoms with Crippen LogP contribution in [-0.2, 0) is 11.2 Å². The van der Waals surface area contributed by atoms with Gasteiger partial charge in [0.1, 0.15) is 5.78 Å². The van der Waals surface area contributed by atoms with Gasteiger partial charge in [-0.1, -0.05) is 38.3 Å². The smallest absolute Gasteiger partial charge is 0.137 e. The highest BCUT2D eigenvalue weighted by atomic mass is 16.1. The Morgan fingerprint density at radius 1 is 1.37 bits per heavy atom. The molecule has 2 atom stereocenters. The van der Waals surface area contributed by atoms with Gasteiger partial charge in [-0.15, -0.1) is 0 Å². The van der Waals surface area contributed by atoms with Crippen LogP contribution in [-0.4, -0.2) is 5.78 Å². The molecule has 1 aromatic rings. The number of nitriles is 1. The number of benzene rings is 1. The van der Waals surface area contributed by atoms with E-state index in [1.807, 2.05) is 18.2 Å². The molecule has 1 aromatic carbocycles. The molecule has 1 saturated carbocycles. The fourth-order valence-electron chi connectivity index (χ4n) is 3.04. The van der Waals surface area contributed by atoms with E-state index in [9.17, 15) is 4.79 Å². The van der Waals surface area contributed by atoms with E-state index in [0.29, 0.717) is 36.0 Å². The first-order valence-electron chi connectivity index (χ1n) is 7.20. The van der Waals surface area contributed by atoms with Crippen molar-refractivity contribution in [2.24, 2.45) is 11.8 Å². The number of carbonyl (C=O) groups is 1. The SMILES string of the molecule is CC1CCCCC1CC(=O)Cc1cccc(C#N)c1. The predicted molar refractivity (Wildman–Crippen MR) is 75.6 cm³/mol. The van der Waals surface area contributed by atoms with Gasteiger partial charge < -0.3 is 0 Å². The molecule has 2 heteroatoms. The molecule has 0 amide bonds. The Kier molecular flexibility index (Phi) is 4.74. The van der Waals surface area contributed by atoms with Crippen LogP contribution in [0, 0.1) is 23.2 Å². The highest BCUT2D eigenvalue weighted by Gasteiger charge is 2.23. The summed E-state index contributed by atoms with van der Waals surface area (Å²) in [5.74, 6) is 1.57. The lowest BCUT2D eigenvalue weighted by Crippen LogP contribution is -2.20. The molecule has 0 radical (unpaired) electrons. The van der Waals surface area contributed by atoms with E-state index in [1.165, 1.54) is 25.7 Å². The van der Waals surface area contributed by atoms with Crippen molar-refractivity contribution in [1.82, 2.24) is 0 Å². The van der Waals surface area contributed by atoms with Crippen molar-refractivity contribution in [2.45, 2.75) is 45.4 Å². The van der Waals surface area contributed by atoms with E-state index >= 15 is 0 Å². The summed E-state index contributed by atoms with van der Waals surface area (Å²) in [6, 6.07) is 9.50. The van der Waals surface area contributed by atoms with Crippen molar-refractivity contribution >= 4 is 5.78 Å². The van der Waals surface area contributed by atoms with Crippen molar-refractivity contribution in [2.75, 3.05) is 0 Å². The molecule has 1 aliphatic rings. The summed E-state index contributed by atoms with van der Waals surface area (Å²) in [7, 11) is 0. The van der Waals surface area contributed by atoms with Gasteiger partial charge in [0.05, 0.1) is 11.6 Å². The molecule has 0 saturated heterocycles. The van der Waals surface area contributed by atoms with Crippen LogP contribution >= 0.6 is 0 Å². The van der Waals surface area contributed by atoms with E-state index in [0.717, 1.165) is 5.56 Å². The third-order valence-electron chi connectivity index (χ3n) is 4.24. The van der Waals surface area contributed by atoms with Crippen molar-refractivity contribution in [3.8, 4) is 6.07 Å². The van der Waals surface area contributed by atoms with Crippen LogP contribution in [0.3, 0.4) is 0 Å². The maximum Gasteiger partial charge on any atom is 0.137 e. The number of carbonyl (C=O) groups excluding carboxylic acids is 1. The number of hydrogen-bond acceptors (Lipinski definition) is 2. The third-order valence-corrected chi connectivity index (χ3v) is 4.24. The molecule has 0 N–H and O–H groups in total. The summed E-state index contributed by atoms with van der Waals surface area (Å²) in [4.78, 5) is 12.1. The second-order valence-corrected chi connectivity index (χ2v) is 5.75. The standard InChI is InChI=1S/C17H21NO/c1-13-5-2-3-8-16(13)11-17(19)10-14-6-4-7-15(9-14)12-18/h4,6-7,9,13,16H,2-3,5,8,10-11H2,1H3. The maximum atomic E-state index is 12.1. The average molecular weight is 255 g/mol. The summed E-state index contributed by atoms with van der Waals surface area (Å²) in [6.45, 7) is 2.27. The lowest BCUT2D eigenvalue weighted by Gasteiger charge is -2.28. The predicted octanol–water partition coefficient (Wildman–Crippen LogP) is 3.89. The number of hydrogen-bond donors (Lipinski definition) is 0. The Balaban J connectivity index is 1.91. The molecule has 0 aromatic heterocycles. The molecule has 100 valence electrons. The summed E-state index contributed by atoms with van der Waals surface area (Å²) < 4.78 is 0. The van der Waals surface area contributed by atoms with Gasteiger partial charge in [0.2, 0.25) is 0 Å². The Bertz CT molecular complexity index is 486. The van der Waals surface area contributed by atoms with Crippen molar-refractivity contribution in [3.63, 3.8) is 0 Å². The molecule has 0 bridgehead atoms. The zero-order chi connectivity index (χ0) is 13.7. The molecular weight excluding hydrogens is 234 g/mol. The molecular formula is C17H21NO.